The van der Waals surface area contributed by atoms with Gasteiger partial charge in [-0.3, -0.25) is 0 Å². The van der Waals surface area contributed by atoms with Gasteiger partial charge >= 0.3 is 0 Å². The second kappa shape index (κ2) is 4.93. The Morgan fingerprint density at radius 2 is 2.06 bits per heavy atom. The van der Waals surface area contributed by atoms with E-state index in [0.717, 1.165) is 18.0 Å². The molecular weight excluding hydrogens is 203 g/mol. The van der Waals surface area contributed by atoms with Gasteiger partial charge in [0.05, 0.1) is 0 Å². The predicted octanol–water partition coefficient (Wildman–Crippen LogP) is 2.13. The lowest BCUT2D eigenvalue weighted by Gasteiger charge is -2.17. The molecule has 0 aromatic heterocycles. The van der Waals surface area contributed by atoms with Gasteiger partial charge in [0.15, 0.2) is 0 Å². The van der Waals surface area contributed by atoms with Gasteiger partial charge < -0.3 is 10.6 Å². The van der Waals surface area contributed by atoms with Gasteiger partial charge in [-0.1, -0.05) is 18.2 Å². The minimum Gasteiger partial charge on any atom is -0.326 e. The van der Waals surface area contributed by atoms with Crippen LogP contribution in [0.5, 0.6) is 0 Å². The van der Waals surface area contributed by atoms with Crippen LogP contribution in [0.2, 0.25) is 0 Å². The summed E-state index contributed by atoms with van der Waals surface area (Å²) in [4.78, 5) is 2.19. The molecular formula is C13H19FN2. The topological polar surface area (TPSA) is 29.3 Å². The summed E-state index contributed by atoms with van der Waals surface area (Å²) in [6, 6.07) is 5.48. The van der Waals surface area contributed by atoms with Gasteiger partial charge in [0.2, 0.25) is 0 Å². The van der Waals surface area contributed by atoms with Crippen molar-refractivity contribution in [3.05, 3.63) is 35.1 Å². The first-order valence-electron chi connectivity index (χ1n) is 5.85. The Kier molecular flexibility index (Phi) is 3.56. The molecule has 0 atom stereocenters. The van der Waals surface area contributed by atoms with Crippen LogP contribution in [0.25, 0.3) is 0 Å². The van der Waals surface area contributed by atoms with E-state index in [1.807, 2.05) is 19.2 Å². The van der Waals surface area contributed by atoms with Crippen molar-refractivity contribution in [1.82, 2.24) is 4.90 Å². The van der Waals surface area contributed by atoms with Crippen LogP contribution in [0, 0.1) is 11.7 Å². The summed E-state index contributed by atoms with van der Waals surface area (Å²) in [5.74, 6) is 0.707. The molecule has 0 aliphatic heterocycles. The zero-order chi connectivity index (χ0) is 11.5. The molecule has 1 saturated carbocycles. The lowest BCUT2D eigenvalue weighted by atomic mass is 10.1. The normalized spacial score (nSPS) is 15.8. The standard InChI is InChI=1S/C13H19FN2/c1-16(8-10-5-6-10)9-12-4-2-3-11(7-15)13(12)14/h2-4,10H,5-9,15H2,1H3. The molecule has 2 rings (SSSR count). The first-order chi connectivity index (χ1) is 7.70. The minimum atomic E-state index is -0.132. The first kappa shape index (κ1) is 11.6. The molecule has 1 aliphatic carbocycles. The number of nitrogens with two attached hydrogens (primary N) is 1. The Bertz CT molecular complexity index is 361. The van der Waals surface area contributed by atoms with Crippen LogP contribution in [0.4, 0.5) is 4.39 Å². The number of benzene rings is 1. The highest BCUT2D eigenvalue weighted by Gasteiger charge is 2.23. The summed E-state index contributed by atoms with van der Waals surface area (Å²) in [6.45, 7) is 2.02. The van der Waals surface area contributed by atoms with Crippen molar-refractivity contribution in [2.75, 3.05) is 13.6 Å². The molecule has 2 nitrogen and oxygen atoms in total. The molecule has 3 heteroatoms. The second-order valence-corrected chi connectivity index (χ2v) is 4.73. The van der Waals surface area contributed by atoms with E-state index in [-0.39, 0.29) is 12.4 Å². The van der Waals surface area contributed by atoms with Crippen LogP contribution in [-0.4, -0.2) is 18.5 Å². The molecule has 0 radical (unpaired) electrons. The Labute approximate surface area is 96.2 Å². The largest absolute Gasteiger partial charge is 0.326 e. The number of nitrogens with zero attached hydrogens (tertiary/aromatic N) is 1. The van der Waals surface area contributed by atoms with Crippen LogP contribution >= 0.6 is 0 Å². The maximum atomic E-state index is 13.9. The Morgan fingerprint density at radius 1 is 1.38 bits per heavy atom. The highest BCUT2D eigenvalue weighted by molar-refractivity contribution is 5.25. The molecule has 0 heterocycles. The van der Waals surface area contributed by atoms with Crippen LogP contribution in [0.15, 0.2) is 18.2 Å². The third kappa shape index (κ3) is 2.80. The number of rotatable bonds is 5. The zero-order valence-electron chi connectivity index (χ0n) is 9.75. The Morgan fingerprint density at radius 3 is 2.69 bits per heavy atom. The molecule has 0 unspecified atom stereocenters. The fourth-order valence-electron chi connectivity index (χ4n) is 2.01. The highest BCUT2D eigenvalue weighted by atomic mass is 19.1. The number of hydrogen-bond acceptors (Lipinski definition) is 2. The average molecular weight is 222 g/mol. The second-order valence-electron chi connectivity index (χ2n) is 4.73. The molecule has 0 bridgehead atoms. The van der Waals surface area contributed by atoms with E-state index >= 15 is 0 Å². The number of hydrogen-bond donors (Lipinski definition) is 1. The predicted molar refractivity (Wildman–Crippen MR) is 63.3 cm³/mol. The van der Waals surface area contributed by atoms with Crippen molar-refractivity contribution in [2.24, 2.45) is 11.7 Å². The van der Waals surface area contributed by atoms with E-state index in [1.165, 1.54) is 12.8 Å². The summed E-state index contributed by atoms with van der Waals surface area (Å²) < 4.78 is 13.9. The Hall–Kier alpha value is -0.930. The third-order valence-corrected chi connectivity index (χ3v) is 3.09. The summed E-state index contributed by atoms with van der Waals surface area (Å²) in [5, 5.41) is 0. The quantitative estimate of drug-likeness (QED) is 0.827. The van der Waals surface area contributed by atoms with E-state index in [2.05, 4.69) is 4.90 Å². The molecule has 0 saturated heterocycles. The van der Waals surface area contributed by atoms with Gasteiger partial charge in [-0.2, -0.15) is 0 Å². The maximum Gasteiger partial charge on any atom is 0.132 e. The van der Waals surface area contributed by atoms with Crippen LogP contribution in [-0.2, 0) is 13.1 Å². The summed E-state index contributed by atoms with van der Waals surface area (Å²) >= 11 is 0. The molecule has 1 aromatic rings. The third-order valence-electron chi connectivity index (χ3n) is 3.09. The molecule has 2 N–H and O–H groups in total. The molecule has 1 aliphatic rings. The van der Waals surface area contributed by atoms with Gasteiger partial charge in [0.1, 0.15) is 5.82 Å². The monoisotopic (exact) mass is 222 g/mol. The van der Waals surface area contributed by atoms with E-state index < -0.39 is 0 Å². The maximum absolute atomic E-state index is 13.9. The molecule has 1 fully saturated rings. The molecule has 0 spiro atoms. The van der Waals surface area contributed by atoms with Gasteiger partial charge in [0.25, 0.3) is 0 Å². The molecule has 16 heavy (non-hydrogen) atoms. The molecule has 1 aromatic carbocycles. The van der Waals surface area contributed by atoms with Gasteiger partial charge in [-0.25, -0.2) is 4.39 Å². The fourth-order valence-corrected chi connectivity index (χ4v) is 2.01. The summed E-state index contributed by atoms with van der Waals surface area (Å²) in [5.41, 5.74) is 6.85. The zero-order valence-corrected chi connectivity index (χ0v) is 9.75. The van der Waals surface area contributed by atoms with E-state index in [0.29, 0.717) is 12.1 Å². The lowest BCUT2D eigenvalue weighted by Crippen LogP contribution is -2.21. The van der Waals surface area contributed by atoms with Gasteiger partial charge in [0, 0.05) is 30.8 Å². The lowest BCUT2D eigenvalue weighted by molar-refractivity contribution is 0.308. The summed E-state index contributed by atoms with van der Waals surface area (Å²) in [6.07, 6.45) is 2.66. The van der Waals surface area contributed by atoms with Crippen molar-refractivity contribution >= 4 is 0 Å². The highest BCUT2D eigenvalue weighted by Crippen LogP contribution is 2.29. The smallest absolute Gasteiger partial charge is 0.132 e. The van der Waals surface area contributed by atoms with Crippen LogP contribution < -0.4 is 5.73 Å². The first-order valence-corrected chi connectivity index (χ1v) is 5.85. The van der Waals surface area contributed by atoms with Crippen molar-refractivity contribution in [3.8, 4) is 0 Å². The Balaban J connectivity index is 2.01. The summed E-state index contributed by atoms with van der Waals surface area (Å²) in [7, 11) is 2.05. The number of halogens is 1. The van der Waals surface area contributed by atoms with Gasteiger partial charge in [-0.05, 0) is 25.8 Å². The van der Waals surface area contributed by atoms with Gasteiger partial charge in [-0.15, -0.1) is 0 Å². The van der Waals surface area contributed by atoms with Crippen molar-refractivity contribution < 1.29 is 4.39 Å². The van der Waals surface area contributed by atoms with E-state index in [4.69, 9.17) is 5.73 Å². The molecule has 88 valence electrons. The van der Waals surface area contributed by atoms with E-state index in [9.17, 15) is 4.39 Å². The van der Waals surface area contributed by atoms with E-state index in [1.54, 1.807) is 6.07 Å². The molecule has 0 amide bonds. The van der Waals surface area contributed by atoms with Crippen LogP contribution in [0.3, 0.4) is 0 Å². The fraction of sp³-hybridized carbons (Fsp3) is 0.538. The average Bonchev–Trinajstić information content (AvgIpc) is 3.05. The van der Waals surface area contributed by atoms with Crippen molar-refractivity contribution in [1.29, 1.82) is 0 Å². The minimum absolute atomic E-state index is 0.132. The van der Waals surface area contributed by atoms with Crippen LogP contribution in [0.1, 0.15) is 24.0 Å². The van der Waals surface area contributed by atoms with Crippen molar-refractivity contribution in [2.45, 2.75) is 25.9 Å². The van der Waals surface area contributed by atoms with Crippen molar-refractivity contribution in [3.63, 3.8) is 0 Å². The SMILES string of the molecule is CN(Cc1cccc(CN)c1F)CC1CC1.